The van der Waals surface area contributed by atoms with Crippen LogP contribution in [0.5, 0.6) is 5.75 Å². The molecule has 21 heavy (non-hydrogen) atoms. The van der Waals surface area contributed by atoms with Crippen LogP contribution in [-0.2, 0) is 21.9 Å². The smallest absolute Gasteiger partial charge is 0.358 e. The highest BCUT2D eigenvalue weighted by molar-refractivity contribution is 7.61. The summed E-state index contributed by atoms with van der Waals surface area (Å²) in [5, 5.41) is 10.7. The standard InChI is InChI=1S/C16H27O4P/c1-6-20-21(18,19)15-9-13(7-11(2)3)16(17)14(10-15)8-12(4)5/h9-12,17H,6-8H2,1-5H3,(H,18,19). The molecule has 5 heteroatoms. The zero-order valence-corrected chi connectivity index (χ0v) is 14.5. The summed E-state index contributed by atoms with van der Waals surface area (Å²) in [4.78, 5) is 10.0. The van der Waals surface area contributed by atoms with E-state index >= 15 is 0 Å². The van der Waals surface area contributed by atoms with E-state index in [1.807, 2.05) is 0 Å². The average molecular weight is 314 g/mol. The van der Waals surface area contributed by atoms with Crippen LogP contribution in [0.15, 0.2) is 12.1 Å². The third-order valence-electron chi connectivity index (χ3n) is 3.14. The number of hydrogen-bond donors (Lipinski definition) is 2. The molecule has 2 N–H and O–H groups in total. The molecule has 0 saturated carbocycles. The van der Waals surface area contributed by atoms with E-state index in [0.29, 0.717) is 35.8 Å². The highest BCUT2D eigenvalue weighted by Crippen LogP contribution is 2.42. The zero-order chi connectivity index (χ0) is 16.2. The Hall–Kier alpha value is -0.830. The van der Waals surface area contributed by atoms with Crippen molar-refractivity contribution in [1.29, 1.82) is 0 Å². The van der Waals surface area contributed by atoms with Crippen LogP contribution in [0.2, 0.25) is 0 Å². The van der Waals surface area contributed by atoms with Crippen molar-refractivity contribution in [2.45, 2.75) is 47.5 Å². The largest absolute Gasteiger partial charge is 0.507 e. The Kier molecular flexibility index (Phi) is 6.45. The summed E-state index contributed by atoms with van der Waals surface area (Å²) in [6.45, 7) is 10.1. The van der Waals surface area contributed by atoms with Gasteiger partial charge in [0.15, 0.2) is 0 Å². The van der Waals surface area contributed by atoms with Gasteiger partial charge in [0.05, 0.1) is 11.9 Å². The number of benzene rings is 1. The molecule has 0 aliphatic heterocycles. The third-order valence-corrected chi connectivity index (χ3v) is 4.66. The lowest BCUT2D eigenvalue weighted by Crippen LogP contribution is -2.12. The van der Waals surface area contributed by atoms with Crippen molar-refractivity contribution in [2.24, 2.45) is 11.8 Å². The first-order chi connectivity index (χ1) is 9.67. The summed E-state index contributed by atoms with van der Waals surface area (Å²) in [7, 11) is -3.82. The number of rotatable bonds is 7. The van der Waals surface area contributed by atoms with Crippen molar-refractivity contribution in [3.8, 4) is 5.75 Å². The van der Waals surface area contributed by atoms with Crippen LogP contribution in [0.25, 0.3) is 0 Å². The molecule has 4 nitrogen and oxygen atoms in total. The maximum Gasteiger partial charge on any atom is 0.358 e. The second-order valence-corrected chi connectivity index (χ2v) is 8.06. The van der Waals surface area contributed by atoms with Crippen molar-refractivity contribution in [2.75, 3.05) is 6.61 Å². The van der Waals surface area contributed by atoms with Gasteiger partial charge in [-0.05, 0) is 54.9 Å². The maximum atomic E-state index is 12.3. The lowest BCUT2D eigenvalue weighted by atomic mass is 9.95. The van der Waals surface area contributed by atoms with E-state index in [0.717, 1.165) is 0 Å². The fraction of sp³-hybridized carbons (Fsp3) is 0.625. The number of phenols is 1. The molecule has 0 spiro atoms. The van der Waals surface area contributed by atoms with Crippen molar-refractivity contribution >= 4 is 12.9 Å². The number of hydrogen-bond acceptors (Lipinski definition) is 3. The van der Waals surface area contributed by atoms with Crippen LogP contribution in [0.4, 0.5) is 0 Å². The lowest BCUT2D eigenvalue weighted by molar-refractivity contribution is 0.284. The summed E-state index contributed by atoms with van der Waals surface area (Å²) in [6, 6.07) is 3.21. The normalized spacial score (nSPS) is 14.7. The molecule has 1 rings (SSSR count). The summed E-state index contributed by atoms with van der Waals surface area (Å²) in [6.07, 6.45) is 1.33. The Labute approximate surface area is 127 Å². The van der Waals surface area contributed by atoms with Crippen molar-refractivity contribution in [3.05, 3.63) is 23.3 Å². The number of phenolic OH excluding ortho intramolecular Hbond substituents is 1. The molecule has 0 amide bonds. The first kappa shape index (κ1) is 18.2. The van der Waals surface area contributed by atoms with Gasteiger partial charge in [0.25, 0.3) is 0 Å². The van der Waals surface area contributed by atoms with E-state index in [1.54, 1.807) is 19.1 Å². The average Bonchev–Trinajstić information content (AvgIpc) is 2.32. The molecule has 0 saturated heterocycles. The van der Waals surface area contributed by atoms with Crippen LogP contribution in [0.3, 0.4) is 0 Å². The molecule has 0 aliphatic carbocycles. The molecule has 1 unspecified atom stereocenters. The van der Waals surface area contributed by atoms with Gasteiger partial charge in [0, 0.05) is 0 Å². The van der Waals surface area contributed by atoms with Gasteiger partial charge < -0.3 is 14.5 Å². The monoisotopic (exact) mass is 314 g/mol. The summed E-state index contributed by atoms with van der Waals surface area (Å²) in [5.74, 6) is 0.948. The minimum absolute atomic E-state index is 0.174. The van der Waals surface area contributed by atoms with Gasteiger partial charge in [-0.15, -0.1) is 0 Å². The van der Waals surface area contributed by atoms with Gasteiger partial charge in [-0.3, -0.25) is 4.57 Å². The Morgan fingerprint density at radius 3 is 1.86 bits per heavy atom. The van der Waals surface area contributed by atoms with E-state index in [-0.39, 0.29) is 17.7 Å². The molecular weight excluding hydrogens is 287 g/mol. The highest BCUT2D eigenvalue weighted by Gasteiger charge is 2.25. The minimum atomic E-state index is -3.82. The van der Waals surface area contributed by atoms with Crippen LogP contribution < -0.4 is 5.30 Å². The summed E-state index contributed by atoms with van der Waals surface area (Å²) < 4.78 is 17.3. The Morgan fingerprint density at radius 2 is 1.52 bits per heavy atom. The maximum absolute atomic E-state index is 12.3. The van der Waals surface area contributed by atoms with Gasteiger partial charge in [-0.1, -0.05) is 27.7 Å². The van der Waals surface area contributed by atoms with E-state index in [4.69, 9.17) is 4.52 Å². The fourth-order valence-electron chi connectivity index (χ4n) is 2.35. The van der Waals surface area contributed by atoms with E-state index in [2.05, 4.69) is 27.7 Å². The van der Waals surface area contributed by atoms with Gasteiger partial charge in [0.1, 0.15) is 5.75 Å². The zero-order valence-electron chi connectivity index (χ0n) is 13.6. The molecule has 1 aromatic rings. The van der Waals surface area contributed by atoms with Gasteiger partial charge in [0.2, 0.25) is 0 Å². The van der Waals surface area contributed by atoms with Crippen LogP contribution in [-0.4, -0.2) is 16.6 Å². The molecule has 0 aromatic heterocycles. The van der Waals surface area contributed by atoms with E-state index in [1.165, 1.54) is 0 Å². The molecule has 0 aliphatic rings. The molecule has 120 valence electrons. The van der Waals surface area contributed by atoms with Crippen molar-refractivity contribution < 1.29 is 19.1 Å². The second-order valence-electron chi connectivity index (χ2n) is 6.25. The molecule has 0 radical (unpaired) electrons. The van der Waals surface area contributed by atoms with Crippen LogP contribution >= 0.6 is 7.60 Å². The van der Waals surface area contributed by atoms with E-state index in [9.17, 15) is 14.6 Å². The first-order valence-corrected chi connectivity index (χ1v) is 9.07. The van der Waals surface area contributed by atoms with Crippen molar-refractivity contribution in [3.63, 3.8) is 0 Å². The SMILES string of the molecule is CCOP(=O)(O)c1cc(CC(C)C)c(O)c(CC(C)C)c1. The molecule has 0 fully saturated rings. The van der Waals surface area contributed by atoms with Crippen molar-refractivity contribution in [1.82, 2.24) is 0 Å². The highest BCUT2D eigenvalue weighted by atomic mass is 31.2. The van der Waals surface area contributed by atoms with Gasteiger partial charge >= 0.3 is 7.60 Å². The molecule has 0 bridgehead atoms. The molecular formula is C16H27O4P. The lowest BCUT2D eigenvalue weighted by Gasteiger charge is -2.18. The summed E-state index contributed by atoms with van der Waals surface area (Å²) >= 11 is 0. The third kappa shape index (κ3) is 5.14. The minimum Gasteiger partial charge on any atom is -0.507 e. The molecule has 0 heterocycles. The predicted octanol–water partition coefficient (Wildman–Crippen LogP) is 3.64. The Morgan fingerprint density at radius 1 is 1.10 bits per heavy atom. The second kappa shape index (κ2) is 7.44. The quantitative estimate of drug-likeness (QED) is 0.754. The molecule has 1 aromatic carbocycles. The van der Waals surface area contributed by atoms with Crippen LogP contribution in [0.1, 0.15) is 45.7 Å². The van der Waals surface area contributed by atoms with Gasteiger partial charge in [-0.25, -0.2) is 0 Å². The van der Waals surface area contributed by atoms with Crippen LogP contribution in [0, 0.1) is 11.8 Å². The fourth-order valence-corrected chi connectivity index (χ4v) is 3.48. The predicted molar refractivity (Wildman–Crippen MR) is 86.3 cm³/mol. The van der Waals surface area contributed by atoms with E-state index < -0.39 is 7.60 Å². The topological polar surface area (TPSA) is 66.8 Å². The Bertz CT molecular complexity index is 492. The number of aromatic hydroxyl groups is 1. The summed E-state index contributed by atoms with van der Waals surface area (Å²) in [5.41, 5.74) is 1.43. The Balaban J connectivity index is 3.35. The molecule has 1 atom stereocenters. The van der Waals surface area contributed by atoms with Gasteiger partial charge in [-0.2, -0.15) is 0 Å². The first-order valence-electron chi connectivity index (χ1n) is 7.50.